The topological polar surface area (TPSA) is 0 Å². The van der Waals surface area contributed by atoms with Crippen LogP contribution < -0.4 is 0 Å². The van der Waals surface area contributed by atoms with Crippen molar-refractivity contribution < 1.29 is 0 Å². The van der Waals surface area contributed by atoms with Gasteiger partial charge >= 0.3 is 0 Å². The van der Waals surface area contributed by atoms with Crippen molar-refractivity contribution in [1.82, 2.24) is 0 Å². The lowest BCUT2D eigenvalue weighted by molar-refractivity contribution is 0.617. The zero-order chi connectivity index (χ0) is 15.8. The fraction of sp³-hybridized carbons (Fsp3) is 0.273. The molecule has 0 aliphatic rings. The van der Waals surface area contributed by atoms with Crippen molar-refractivity contribution in [3.05, 3.63) is 83.9 Å². The van der Waals surface area contributed by atoms with E-state index in [1.165, 1.54) is 47.9 Å². The molecule has 114 valence electrons. The van der Waals surface area contributed by atoms with Crippen LogP contribution in [0.25, 0.3) is 12.2 Å². The minimum atomic E-state index is 0.412. The fourth-order valence-corrected chi connectivity index (χ4v) is 3.11. The summed E-state index contributed by atoms with van der Waals surface area (Å²) in [6, 6.07) is 17.2. The van der Waals surface area contributed by atoms with Crippen LogP contribution in [0.5, 0.6) is 0 Å². The number of benzene rings is 2. The summed E-state index contributed by atoms with van der Waals surface area (Å²) < 4.78 is 0. The molecule has 0 spiro atoms. The maximum absolute atomic E-state index is 3.99. The number of rotatable bonds is 8. The Morgan fingerprint density at radius 1 is 0.818 bits per heavy atom. The van der Waals surface area contributed by atoms with Gasteiger partial charge in [-0.15, -0.1) is 0 Å². The van der Waals surface area contributed by atoms with Crippen LogP contribution in [0.15, 0.2) is 61.7 Å². The first-order valence-electron chi connectivity index (χ1n) is 8.24. The maximum Gasteiger partial charge on any atom is 0.0101 e. The van der Waals surface area contributed by atoms with Crippen LogP contribution in [0.2, 0.25) is 0 Å². The molecule has 0 atom stereocenters. The summed E-state index contributed by atoms with van der Waals surface area (Å²) in [5.41, 5.74) is 5.23. The SMILES string of the molecule is C=Cc1ccccc1C(CCCCC)c1ccccc1C=C. The van der Waals surface area contributed by atoms with Gasteiger partial charge in [0.15, 0.2) is 0 Å². The van der Waals surface area contributed by atoms with E-state index in [4.69, 9.17) is 0 Å². The van der Waals surface area contributed by atoms with Crippen LogP contribution in [0.4, 0.5) is 0 Å². The third kappa shape index (κ3) is 3.76. The Hall–Kier alpha value is -2.08. The smallest absolute Gasteiger partial charge is 0.0101 e. The van der Waals surface area contributed by atoms with Gasteiger partial charge in [0.05, 0.1) is 0 Å². The molecule has 0 aliphatic carbocycles. The van der Waals surface area contributed by atoms with Gasteiger partial charge in [-0.1, -0.05) is 100 Å². The summed E-state index contributed by atoms with van der Waals surface area (Å²) in [5, 5.41) is 0. The van der Waals surface area contributed by atoms with Crippen molar-refractivity contribution in [2.45, 2.75) is 38.5 Å². The largest absolute Gasteiger partial charge is 0.0985 e. The Morgan fingerprint density at radius 3 is 1.77 bits per heavy atom. The number of hydrogen-bond donors (Lipinski definition) is 0. The molecule has 0 saturated heterocycles. The molecule has 0 heterocycles. The Labute approximate surface area is 135 Å². The van der Waals surface area contributed by atoms with Crippen LogP contribution in [0.3, 0.4) is 0 Å². The van der Waals surface area contributed by atoms with Crippen molar-refractivity contribution in [2.24, 2.45) is 0 Å². The van der Waals surface area contributed by atoms with E-state index in [1.807, 2.05) is 12.2 Å². The third-order valence-corrected chi connectivity index (χ3v) is 4.28. The molecule has 0 radical (unpaired) electrons. The van der Waals surface area contributed by atoms with Gasteiger partial charge in [-0.25, -0.2) is 0 Å². The molecular weight excluding hydrogens is 264 g/mol. The van der Waals surface area contributed by atoms with E-state index in [9.17, 15) is 0 Å². The molecule has 22 heavy (non-hydrogen) atoms. The predicted octanol–water partition coefficient (Wildman–Crippen LogP) is 6.68. The summed E-state index contributed by atoms with van der Waals surface area (Å²) in [5.74, 6) is 0.412. The molecular formula is C22H26. The molecule has 0 aromatic heterocycles. The van der Waals surface area contributed by atoms with E-state index < -0.39 is 0 Å². The summed E-state index contributed by atoms with van der Waals surface area (Å²) in [6.45, 7) is 10.2. The molecule has 0 saturated carbocycles. The van der Waals surface area contributed by atoms with Gasteiger partial charge in [-0.3, -0.25) is 0 Å². The van der Waals surface area contributed by atoms with E-state index >= 15 is 0 Å². The van der Waals surface area contributed by atoms with Crippen molar-refractivity contribution in [3.63, 3.8) is 0 Å². The van der Waals surface area contributed by atoms with Crippen LogP contribution in [-0.4, -0.2) is 0 Å². The molecule has 0 nitrogen and oxygen atoms in total. The summed E-state index contributed by atoms with van der Waals surface area (Å²) in [4.78, 5) is 0. The van der Waals surface area contributed by atoms with Gasteiger partial charge in [-0.2, -0.15) is 0 Å². The predicted molar refractivity (Wildman–Crippen MR) is 99.1 cm³/mol. The van der Waals surface area contributed by atoms with Gasteiger partial charge in [0.25, 0.3) is 0 Å². The quantitative estimate of drug-likeness (QED) is 0.475. The first-order chi connectivity index (χ1) is 10.8. The molecule has 0 amide bonds. The van der Waals surface area contributed by atoms with Crippen molar-refractivity contribution in [3.8, 4) is 0 Å². The van der Waals surface area contributed by atoms with Crippen LogP contribution in [0, 0.1) is 0 Å². The van der Waals surface area contributed by atoms with Gasteiger partial charge in [-0.05, 0) is 28.7 Å². The van der Waals surface area contributed by atoms with Crippen LogP contribution in [0.1, 0.15) is 60.8 Å². The average Bonchev–Trinajstić information content (AvgIpc) is 2.59. The summed E-state index contributed by atoms with van der Waals surface area (Å²) in [7, 11) is 0. The zero-order valence-corrected chi connectivity index (χ0v) is 13.6. The van der Waals surface area contributed by atoms with E-state index in [0.29, 0.717) is 5.92 Å². The highest BCUT2D eigenvalue weighted by Gasteiger charge is 2.18. The van der Waals surface area contributed by atoms with Crippen molar-refractivity contribution in [2.75, 3.05) is 0 Å². The van der Waals surface area contributed by atoms with Gasteiger partial charge in [0.2, 0.25) is 0 Å². The van der Waals surface area contributed by atoms with E-state index in [0.717, 1.165) is 0 Å². The molecule has 0 N–H and O–H groups in total. The number of unbranched alkanes of at least 4 members (excludes halogenated alkanes) is 2. The molecule has 0 heteroatoms. The molecule has 2 aromatic rings. The Balaban J connectivity index is 2.46. The van der Waals surface area contributed by atoms with Crippen molar-refractivity contribution >= 4 is 12.2 Å². The first kappa shape index (κ1) is 16.3. The average molecular weight is 290 g/mol. The van der Waals surface area contributed by atoms with Crippen LogP contribution in [-0.2, 0) is 0 Å². The molecule has 0 fully saturated rings. The van der Waals surface area contributed by atoms with Crippen LogP contribution >= 0.6 is 0 Å². The van der Waals surface area contributed by atoms with Gasteiger partial charge in [0.1, 0.15) is 0 Å². The highest BCUT2D eigenvalue weighted by Crippen LogP contribution is 2.34. The van der Waals surface area contributed by atoms with E-state index in [2.05, 4.69) is 68.6 Å². The summed E-state index contributed by atoms with van der Waals surface area (Å²) in [6.07, 6.45) is 8.89. The Kier molecular flexibility index (Phi) is 6.21. The van der Waals surface area contributed by atoms with Crippen molar-refractivity contribution in [1.29, 1.82) is 0 Å². The lowest BCUT2D eigenvalue weighted by atomic mass is 9.82. The van der Waals surface area contributed by atoms with E-state index in [1.54, 1.807) is 0 Å². The molecule has 2 rings (SSSR count). The lowest BCUT2D eigenvalue weighted by Crippen LogP contribution is -2.05. The lowest BCUT2D eigenvalue weighted by Gasteiger charge is -2.22. The zero-order valence-electron chi connectivity index (χ0n) is 13.6. The second-order valence-electron chi connectivity index (χ2n) is 5.71. The second-order valence-corrected chi connectivity index (χ2v) is 5.71. The monoisotopic (exact) mass is 290 g/mol. The van der Waals surface area contributed by atoms with Gasteiger partial charge in [0, 0.05) is 5.92 Å². The molecule has 0 unspecified atom stereocenters. The maximum atomic E-state index is 3.99. The standard InChI is InChI=1S/C22H26/c1-4-7-8-17-22(20-15-11-9-13-18(20)5-2)21-16-12-10-14-19(21)6-3/h5-6,9-16,22H,2-4,7-8,17H2,1H3. The fourth-order valence-electron chi connectivity index (χ4n) is 3.11. The highest BCUT2D eigenvalue weighted by atomic mass is 14.2. The minimum Gasteiger partial charge on any atom is -0.0985 e. The summed E-state index contributed by atoms with van der Waals surface area (Å²) >= 11 is 0. The Bertz CT molecular complexity index is 570. The Morgan fingerprint density at radius 2 is 1.32 bits per heavy atom. The first-order valence-corrected chi connectivity index (χ1v) is 8.24. The van der Waals surface area contributed by atoms with Gasteiger partial charge < -0.3 is 0 Å². The minimum absolute atomic E-state index is 0.412. The number of hydrogen-bond acceptors (Lipinski definition) is 0. The molecule has 0 bridgehead atoms. The molecule has 0 aliphatic heterocycles. The third-order valence-electron chi connectivity index (χ3n) is 4.28. The second kappa shape index (κ2) is 8.38. The normalized spacial score (nSPS) is 10.6. The van der Waals surface area contributed by atoms with E-state index in [-0.39, 0.29) is 0 Å². The molecule has 2 aromatic carbocycles. The highest BCUT2D eigenvalue weighted by molar-refractivity contribution is 5.59.